The average Bonchev–Trinajstić information content (AvgIpc) is 2.75. The Balaban J connectivity index is 2.44. The van der Waals surface area contributed by atoms with Crippen molar-refractivity contribution < 1.29 is 14.7 Å². The standard InChI is InChI=1S/C10H15N3O3S/c1-6(2-3-11)9(14)12-4-8-13-7(5-17-8)10(15)16/h5-6H,2-4,11H2,1H3,(H,12,14)(H,15,16). The van der Waals surface area contributed by atoms with Gasteiger partial charge in [-0.25, -0.2) is 9.78 Å². The third-order valence-electron chi connectivity index (χ3n) is 2.23. The number of nitrogens with zero attached hydrogens (tertiary/aromatic N) is 1. The maximum absolute atomic E-state index is 11.5. The number of hydrogen-bond acceptors (Lipinski definition) is 5. The normalized spacial score (nSPS) is 12.1. The molecular formula is C10H15N3O3S. The van der Waals surface area contributed by atoms with Crippen molar-refractivity contribution in [2.45, 2.75) is 19.9 Å². The molecule has 0 aliphatic heterocycles. The molecule has 0 spiro atoms. The van der Waals surface area contributed by atoms with Gasteiger partial charge in [0.05, 0.1) is 6.54 Å². The predicted octanol–water partition coefficient (Wildman–Crippen LogP) is 0.442. The lowest BCUT2D eigenvalue weighted by atomic mass is 10.1. The summed E-state index contributed by atoms with van der Waals surface area (Å²) >= 11 is 1.21. The van der Waals surface area contributed by atoms with Crippen molar-refractivity contribution in [2.75, 3.05) is 6.54 Å². The van der Waals surface area contributed by atoms with Crippen molar-refractivity contribution in [1.29, 1.82) is 0 Å². The molecule has 1 aromatic rings. The first-order chi connectivity index (χ1) is 8.04. The number of aromatic carboxylic acids is 1. The van der Waals surface area contributed by atoms with E-state index in [0.717, 1.165) is 0 Å². The van der Waals surface area contributed by atoms with E-state index in [9.17, 15) is 9.59 Å². The van der Waals surface area contributed by atoms with Crippen LogP contribution in [0.4, 0.5) is 0 Å². The molecule has 0 saturated heterocycles. The molecule has 1 heterocycles. The second-order valence-corrected chi connectivity index (χ2v) is 4.57. The first-order valence-electron chi connectivity index (χ1n) is 5.20. The molecule has 0 saturated carbocycles. The number of thiazole rings is 1. The number of carboxylic acids is 1. The number of nitrogens with two attached hydrogens (primary N) is 1. The van der Waals surface area contributed by atoms with Crippen LogP contribution in [0.25, 0.3) is 0 Å². The van der Waals surface area contributed by atoms with Crippen molar-refractivity contribution in [1.82, 2.24) is 10.3 Å². The molecule has 0 bridgehead atoms. The third-order valence-corrected chi connectivity index (χ3v) is 3.08. The summed E-state index contributed by atoms with van der Waals surface area (Å²) in [7, 11) is 0. The van der Waals surface area contributed by atoms with Crippen molar-refractivity contribution >= 4 is 23.2 Å². The van der Waals surface area contributed by atoms with E-state index in [1.54, 1.807) is 6.92 Å². The maximum atomic E-state index is 11.5. The molecule has 1 amide bonds. The Labute approximate surface area is 103 Å². The van der Waals surface area contributed by atoms with Gasteiger partial charge in [-0.2, -0.15) is 0 Å². The Kier molecular flexibility index (Phi) is 5.05. The molecule has 0 aromatic carbocycles. The largest absolute Gasteiger partial charge is 0.476 e. The fraction of sp³-hybridized carbons (Fsp3) is 0.500. The molecule has 0 aliphatic carbocycles. The van der Waals surface area contributed by atoms with Gasteiger partial charge in [0.1, 0.15) is 5.01 Å². The van der Waals surface area contributed by atoms with E-state index in [-0.39, 0.29) is 24.1 Å². The molecule has 0 fully saturated rings. The average molecular weight is 257 g/mol. The minimum absolute atomic E-state index is 0.00857. The lowest BCUT2D eigenvalue weighted by molar-refractivity contribution is -0.124. The number of hydrogen-bond donors (Lipinski definition) is 3. The lowest BCUT2D eigenvalue weighted by Crippen LogP contribution is -2.29. The molecule has 94 valence electrons. The number of carboxylic acid groups (broad SMARTS) is 1. The van der Waals surface area contributed by atoms with Gasteiger partial charge in [0, 0.05) is 11.3 Å². The van der Waals surface area contributed by atoms with Crippen LogP contribution in [0, 0.1) is 5.92 Å². The highest BCUT2D eigenvalue weighted by molar-refractivity contribution is 7.09. The van der Waals surface area contributed by atoms with Crippen LogP contribution >= 0.6 is 11.3 Å². The zero-order valence-electron chi connectivity index (χ0n) is 9.47. The zero-order valence-corrected chi connectivity index (χ0v) is 10.3. The highest BCUT2D eigenvalue weighted by atomic mass is 32.1. The Morgan fingerprint density at radius 1 is 1.65 bits per heavy atom. The van der Waals surface area contributed by atoms with Gasteiger partial charge in [-0.1, -0.05) is 6.92 Å². The monoisotopic (exact) mass is 257 g/mol. The minimum atomic E-state index is -1.06. The van der Waals surface area contributed by atoms with Gasteiger partial charge < -0.3 is 16.2 Å². The van der Waals surface area contributed by atoms with Crippen LogP contribution < -0.4 is 11.1 Å². The van der Waals surface area contributed by atoms with Crippen LogP contribution in [-0.4, -0.2) is 28.5 Å². The van der Waals surface area contributed by atoms with E-state index in [2.05, 4.69) is 10.3 Å². The number of carbonyl (C=O) groups excluding carboxylic acids is 1. The first kappa shape index (κ1) is 13.6. The molecule has 0 aliphatic rings. The van der Waals surface area contributed by atoms with Crippen molar-refractivity contribution in [2.24, 2.45) is 11.7 Å². The van der Waals surface area contributed by atoms with Crippen LogP contribution in [-0.2, 0) is 11.3 Å². The van der Waals surface area contributed by atoms with Gasteiger partial charge in [0.15, 0.2) is 5.69 Å². The van der Waals surface area contributed by atoms with Crippen molar-refractivity contribution in [3.05, 3.63) is 16.1 Å². The number of nitrogens with one attached hydrogen (secondary N) is 1. The minimum Gasteiger partial charge on any atom is -0.476 e. The smallest absolute Gasteiger partial charge is 0.355 e. The van der Waals surface area contributed by atoms with Crippen LogP contribution in [0.3, 0.4) is 0 Å². The lowest BCUT2D eigenvalue weighted by Gasteiger charge is -2.09. The zero-order chi connectivity index (χ0) is 12.8. The van der Waals surface area contributed by atoms with Crippen LogP contribution in [0.1, 0.15) is 28.8 Å². The Bertz CT molecular complexity index is 405. The Morgan fingerprint density at radius 3 is 2.88 bits per heavy atom. The topological polar surface area (TPSA) is 105 Å². The molecule has 1 atom stereocenters. The molecule has 1 aromatic heterocycles. The van der Waals surface area contributed by atoms with Crippen LogP contribution in [0.15, 0.2) is 5.38 Å². The molecule has 17 heavy (non-hydrogen) atoms. The summed E-state index contributed by atoms with van der Waals surface area (Å²) in [6.45, 7) is 2.52. The molecule has 1 unspecified atom stereocenters. The molecule has 1 rings (SSSR count). The summed E-state index contributed by atoms with van der Waals surface area (Å²) in [6, 6.07) is 0. The highest BCUT2D eigenvalue weighted by Crippen LogP contribution is 2.10. The summed E-state index contributed by atoms with van der Waals surface area (Å²) in [5.41, 5.74) is 5.36. The van der Waals surface area contributed by atoms with Crippen LogP contribution in [0.2, 0.25) is 0 Å². The Morgan fingerprint density at radius 2 is 2.35 bits per heavy atom. The summed E-state index contributed by atoms with van der Waals surface area (Å²) in [4.78, 5) is 26.0. The molecule has 7 heteroatoms. The summed E-state index contributed by atoms with van der Waals surface area (Å²) in [6.07, 6.45) is 0.629. The first-order valence-corrected chi connectivity index (χ1v) is 6.08. The van der Waals surface area contributed by atoms with Crippen molar-refractivity contribution in [3.63, 3.8) is 0 Å². The fourth-order valence-electron chi connectivity index (χ4n) is 1.21. The van der Waals surface area contributed by atoms with Gasteiger partial charge in [-0.05, 0) is 13.0 Å². The van der Waals surface area contributed by atoms with E-state index in [4.69, 9.17) is 10.8 Å². The van der Waals surface area contributed by atoms with Gasteiger partial charge in [0.2, 0.25) is 5.91 Å². The second-order valence-electron chi connectivity index (χ2n) is 3.63. The van der Waals surface area contributed by atoms with E-state index in [1.165, 1.54) is 16.7 Å². The van der Waals surface area contributed by atoms with Gasteiger partial charge in [-0.15, -0.1) is 11.3 Å². The van der Waals surface area contributed by atoms with Crippen molar-refractivity contribution in [3.8, 4) is 0 Å². The maximum Gasteiger partial charge on any atom is 0.355 e. The highest BCUT2D eigenvalue weighted by Gasteiger charge is 2.13. The van der Waals surface area contributed by atoms with Gasteiger partial charge >= 0.3 is 5.97 Å². The molecular weight excluding hydrogens is 242 g/mol. The van der Waals surface area contributed by atoms with E-state index in [0.29, 0.717) is 18.0 Å². The number of aromatic nitrogens is 1. The molecule has 0 radical (unpaired) electrons. The SMILES string of the molecule is CC(CCN)C(=O)NCc1nc(C(=O)O)cs1. The van der Waals surface area contributed by atoms with Gasteiger partial charge in [-0.3, -0.25) is 4.79 Å². The third kappa shape index (κ3) is 4.12. The predicted molar refractivity (Wildman–Crippen MR) is 63.8 cm³/mol. The van der Waals surface area contributed by atoms with E-state index >= 15 is 0 Å². The summed E-state index contributed by atoms with van der Waals surface area (Å²) in [5.74, 6) is -1.29. The fourth-order valence-corrected chi connectivity index (χ4v) is 1.92. The summed E-state index contributed by atoms with van der Waals surface area (Å²) < 4.78 is 0. The van der Waals surface area contributed by atoms with E-state index < -0.39 is 5.97 Å². The van der Waals surface area contributed by atoms with E-state index in [1.807, 2.05) is 0 Å². The second kappa shape index (κ2) is 6.31. The molecule has 4 N–H and O–H groups in total. The van der Waals surface area contributed by atoms with Gasteiger partial charge in [0.25, 0.3) is 0 Å². The number of rotatable bonds is 6. The van der Waals surface area contributed by atoms with Crippen LogP contribution in [0.5, 0.6) is 0 Å². The molecule has 6 nitrogen and oxygen atoms in total. The summed E-state index contributed by atoms with van der Waals surface area (Å²) in [5, 5.41) is 13.4. The Hall–Kier alpha value is -1.47. The number of carbonyl (C=O) groups is 2. The quantitative estimate of drug-likeness (QED) is 0.686. The number of amides is 1.